The van der Waals surface area contributed by atoms with Gasteiger partial charge >= 0.3 is 5.97 Å². The van der Waals surface area contributed by atoms with Crippen molar-refractivity contribution in [3.8, 4) is 0 Å². The second-order valence-corrected chi connectivity index (χ2v) is 6.97. The summed E-state index contributed by atoms with van der Waals surface area (Å²) in [5, 5.41) is 12.7. The molecule has 6 nitrogen and oxygen atoms in total. The van der Waals surface area contributed by atoms with Crippen molar-refractivity contribution >= 4 is 41.3 Å². The molecule has 2 saturated heterocycles. The number of hydrogen-bond acceptors (Lipinski definition) is 5. The van der Waals surface area contributed by atoms with Crippen molar-refractivity contribution < 1.29 is 19.4 Å². The maximum Gasteiger partial charge on any atom is 0.331 e. The predicted molar refractivity (Wildman–Crippen MR) is 102 cm³/mol. The van der Waals surface area contributed by atoms with E-state index in [1.54, 1.807) is 0 Å². The Morgan fingerprint density at radius 2 is 1.88 bits per heavy atom. The van der Waals surface area contributed by atoms with Crippen LogP contribution in [0.1, 0.15) is 12.8 Å². The van der Waals surface area contributed by atoms with Crippen molar-refractivity contribution in [2.24, 2.45) is 11.8 Å². The Bertz CT molecular complexity index is 640. The first-order valence-electron chi connectivity index (χ1n) is 8.41. The third kappa shape index (κ3) is 5.90. The molecule has 3 rings (SSSR count). The van der Waals surface area contributed by atoms with Gasteiger partial charge < -0.3 is 20.1 Å². The molecular weight excluding hydrogens is 379 g/mol. The second kappa shape index (κ2) is 10.4. The molecule has 1 aromatic carbocycles. The third-order valence-electron chi connectivity index (χ3n) is 4.64. The molecule has 0 amide bonds. The summed E-state index contributed by atoms with van der Waals surface area (Å²) in [4.78, 5) is 21.3. The predicted octanol–water partition coefficient (Wildman–Crippen LogP) is 3.19. The SMILES string of the molecule is Clc1cccc(N2CCC3CNCC3CC2)c1Cl.O=CO/C=C\C(=O)O. The molecule has 2 atom stereocenters. The van der Waals surface area contributed by atoms with Crippen molar-refractivity contribution in [2.45, 2.75) is 12.8 Å². The van der Waals surface area contributed by atoms with Crippen LogP contribution in [0.2, 0.25) is 10.0 Å². The van der Waals surface area contributed by atoms with E-state index in [4.69, 9.17) is 28.3 Å². The van der Waals surface area contributed by atoms with E-state index in [0.29, 0.717) is 16.1 Å². The van der Waals surface area contributed by atoms with Crippen LogP contribution in [0.3, 0.4) is 0 Å². The summed E-state index contributed by atoms with van der Waals surface area (Å²) in [5.41, 5.74) is 1.09. The number of aliphatic carboxylic acids is 1. The number of nitrogens with one attached hydrogen (secondary N) is 1. The number of rotatable bonds is 4. The van der Waals surface area contributed by atoms with E-state index in [0.717, 1.165) is 36.9 Å². The van der Waals surface area contributed by atoms with E-state index in [1.807, 2.05) is 12.1 Å². The number of fused-ring (bicyclic) bond motifs is 1. The molecular formula is C18H22Cl2N2O4. The number of anilines is 1. The molecule has 0 bridgehead atoms. The summed E-state index contributed by atoms with van der Waals surface area (Å²) in [6, 6.07) is 5.91. The van der Waals surface area contributed by atoms with Gasteiger partial charge in [-0.15, -0.1) is 0 Å². The van der Waals surface area contributed by atoms with Crippen molar-refractivity contribution in [1.82, 2.24) is 5.32 Å². The van der Waals surface area contributed by atoms with E-state index < -0.39 is 5.97 Å². The van der Waals surface area contributed by atoms with Crippen LogP contribution in [-0.4, -0.2) is 43.7 Å². The number of carbonyl (C=O) groups is 2. The smallest absolute Gasteiger partial charge is 0.331 e. The Morgan fingerprint density at radius 1 is 1.23 bits per heavy atom. The fourth-order valence-electron chi connectivity index (χ4n) is 3.33. The summed E-state index contributed by atoms with van der Waals surface area (Å²) >= 11 is 12.4. The lowest BCUT2D eigenvalue weighted by Crippen LogP contribution is -2.26. The maximum absolute atomic E-state index is 9.59. The molecule has 0 radical (unpaired) electrons. The summed E-state index contributed by atoms with van der Waals surface area (Å²) < 4.78 is 3.90. The fraction of sp³-hybridized carbons (Fsp3) is 0.444. The molecule has 142 valence electrons. The monoisotopic (exact) mass is 400 g/mol. The molecule has 2 heterocycles. The standard InChI is InChI=1S/C14H18Cl2N2.C4H4O4/c15-12-2-1-3-13(14(12)16)18-6-4-10-8-17-9-11(10)5-7-18;5-3-8-2-1-4(6)7/h1-3,10-11,17H,4-9H2;1-3H,(H,6,7)/b;2-1-. The minimum Gasteiger partial charge on any atom is -0.478 e. The molecule has 0 spiro atoms. The van der Waals surface area contributed by atoms with Crippen LogP contribution in [0.4, 0.5) is 5.69 Å². The zero-order valence-corrected chi connectivity index (χ0v) is 15.7. The first-order chi connectivity index (χ1) is 12.5. The zero-order valence-electron chi connectivity index (χ0n) is 14.2. The van der Waals surface area contributed by atoms with Gasteiger partial charge in [-0.25, -0.2) is 4.79 Å². The molecule has 2 N–H and O–H groups in total. The minimum atomic E-state index is -1.15. The number of halogens is 2. The van der Waals surface area contributed by atoms with Gasteiger partial charge in [-0.1, -0.05) is 29.3 Å². The highest BCUT2D eigenvalue weighted by Crippen LogP contribution is 2.35. The number of ether oxygens (including phenoxy) is 1. The third-order valence-corrected chi connectivity index (χ3v) is 5.44. The van der Waals surface area contributed by atoms with Crippen LogP contribution in [0.5, 0.6) is 0 Å². The van der Waals surface area contributed by atoms with Crippen LogP contribution in [-0.2, 0) is 14.3 Å². The highest BCUT2D eigenvalue weighted by molar-refractivity contribution is 6.43. The van der Waals surface area contributed by atoms with Gasteiger partial charge in [-0.05, 0) is 49.9 Å². The van der Waals surface area contributed by atoms with E-state index in [1.165, 1.54) is 25.9 Å². The highest BCUT2D eigenvalue weighted by Gasteiger charge is 2.30. The van der Waals surface area contributed by atoms with E-state index >= 15 is 0 Å². The minimum absolute atomic E-state index is 0.138. The van der Waals surface area contributed by atoms with E-state index in [2.05, 4.69) is 21.0 Å². The molecule has 26 heavy (non-hydrogen) atoms. The average Bonchev–Trinajstić information content (AvgIpc) is 2.97. The number of nitrogens with zero attached hydrogens (tertiary/aromatic N) is 1. The van der Waals surface area contributed by atoms with Gasteiger partial charge in [0.1, 0.15) is 6.26 Å². The largest absolute Gasteiger partial charge is 0.478 e. The van der Waals surface area contributed by atoms with Gasteiger partial charge in [0.25, 0.3) is 6.47 Å². The van der Waals surface area contributed by atoms with Gasteiger partial charge in [-0.3, -0.25) is 4.79 Å². The maximum atomic E-state index is 9.59. The van der Waals surface area contributed by atoms with Crippen LogP contribution in [0, 0.1) is 11.8 Å². The van der Waals surface area contributed by atoms with E-state index in [9.17, 15) is 9.59 Å². The van der Waals surface area contributed by atoms with Gasteiger partial charge in [0.15, 0.2) is 0 Å². The normalized spacial score (nSPS) is 22.2. The van der Waals surface area contributed by atoms with Crippen molar-refractivity contribution in [1.29, 1.82) is 0 Å². The van der Waals surface area contributed by atoms with Crippen LogP contribution < -0.4 is 10.2 Å². The van der Waals surface area contributed by atoms with Crippen molar-refractivity contribution in [3.63, 3.8) is 0 Å². The molecule has 2 aliphatic heterocycles. The summed E-state index contributed by atoms with van der Waals surface area (Å²) in [5.74, 6) is 0.535. The first-order valence-corrected chi connectivity index (χ1v) is 9.16. The van der Waals surface area contributed by atoms with Crippen molar-refractivity contribution in [3.05, 3.63) is 40.6 Å². The highest BCUT2D eigenvalue weighted by atomic mass is 35.5. The Morgan fingerprint density at radius 3 is 2.46 bits per heavy atom. The van der Waals surface area contributed by atoms with Gasteiger partial charge in [0.2, 0.25) is 0 Å². The molecule has 0 aromatic heterocycles. The van der Waals surface area contributed by atoms with Crippen LogP contribution in [0.25, 0.3) is 0 Å². The number of carbonyl (C=O) groups excluding carboxylic acids is 1. The van der Waals surface area contributed by atoms with Crippen LogP contribution >= 0.6 is 23.2 Å². The Labute approximate surface area is 162 Å². The fourth-order valence-corrected chi connectivity index (χ4v) is 3.74. The quantitative estimate of drug-likeness (QED) is 0.458. The number of carboxylic acids is 1. The molecule has 0 saturated carbocycles. The number of hydrogen-bond donors (Lipinski definition) is 2. The van der Waals surface area contributed by atoms with Gasteiger partial charge in [0, 0.05) is 13.1 Å². The van der Waals surface area contributed by atoms with Crippen molar-refractivity contribution in [2.75, 3.05) is 31.1 Å². The number of benzene rings is 1. The summed E-state index contributed by atoms with van der Waals surface area (Å²) in [7, 11) is 0. The van der Waals surface area contributed by atoms with Gasteiger partial charge in [0.05, 0.1) is 21.8 Å². The Hall–Kier alpha value is -1.76. The summed E-state index contributed by atoms with van der Waals surface area (Å²) in [6.07, 6.45) is 4.00. The molecule has 0 aliphatic carbocycles. The lowest BCUT2D eigenvalue weighted by atomic mass is 9.92. The van der Waals surface area contributed by atoms with Crippen LogP contribution in [0.15, 0.2) is 30.5 Å². The Kier molecular flexibility index (Phi) is 8.22. The lowest BCUT2D eigenvalue weighted by Gasteiger charge is -2.24. The zero-order chi connectivity index (χ0) is 18.9. The molecule has 8 heteroatoms. The average molecular weight is 401 g/mol. The van der Waals surface area contributed by atoms with Gasteiger partial charge in [-0.2, -0.15) is 0 Å². The second-order valence-electron chi connectivity index (χ2n) is 6.19. The molecule has 1 aromatic rings. The Balaban J connectivity index is 0.000000260. The topological polar surface area (TPSA) is 78.9 Å². The molecule has 2 unspecified atom stereocenters. The summed E-state index contributed by atoms with van der Waals surface area (Å²) in [6.45, 7) is 4.68. The first kappa shape index (κ1) is 20.6. The molecule has 2 fully saturated rings. The molecule has 2 aliphatic rings. The van der Waals surface area contributed by atoms with E-state index in [-0.39, 0.29) is 6.47 Å². The number of carboxylic acid groups (broad SMARTS) is 1. The lowest BCUT2D eigenvalue weighted by molar-refractivity contribution is -0.131.